The van der Waals surface area contributed by atoms with Gasteiger partial charge >= 0.3 is 0 Å². The van der Waals surface area contributed by atoms with Crippen molar-refractivity contribution in [3.63, 3.8) is 0 Å². The standard InChI is InChI=1S/C30H26Cl2N2O3S/c1-36-26-16-19(12-14-25(26)37-18-20-11-13-23(31)24(32)15-20)17-33-30-28(22-9-5-6-10-27(22)38-30)29(35)34-21-7-3-2-4-8-21/h2-4,7-8,11-17H,5-6,9-10,18H2,1H3,(H,34,35). The monoisotopic (exact) mass is 564 g/mol. The molecule has 0 atom stereocenters. The number of methoxy groups -OCH3 is 1. The molecule has 1 aliphatic carbocycles. The molecule has 5 rings (SSSR count). The van der Waals surface area contributed by atoms with Crippen LogP contribution in [0.2, 0.25) is 10.0 Å². The average Bonchev–Trinajstić information content (AvgIpc) is 3.32. The number of ether oxygens (including phenoxy) is 2. The number of rotatable bonds is 8. The zero-order valence-electron chi connectivity index (χ0n) is 20.8. The second-order valence-corrected chi connectivity index (χ2v) is 10.8. The normalized spacial score (nSPS) is 12.8. The van der Waals surface area contributed by atoms with E-state index in [1.165, 1.54) is 4.88 Å². The Kier molecular flexibility index (Phi) is 8.32. The van der Waals surface area contributed by atoms with Crippen molar-refractivity contribution < 1.29 is 14.3 Å². The second-order valence-electron chi connectivity index (χ2n) is 8.92. The highest BCUT2D eigenvalue weighted by molar-refractivity contribution is 7.16. The van der Waals surface area contributed by atoms with Crippen LogP contribution in [0, 0.1) is 0 Å². The molecule has 8 heteroatoms. The van der Waals surface area contributed by atoms with E-state index in [0.29, 0.717) is 33.7 Å². The number of carbonyl (C=O) groups excluding carboxylic acids is 1. The number of hydrogen-bond donors (Lipinski definition) is 1. The topological polar surface area (TPSA) is 59.9 Å². The first-order valence-electron chi connectivity index (χ1n) is 12.3. The molecule has 0 fully saturated rings. The summed E-state index contributed by atoms with van der Waals surface area (Å²) in [6, 6.07) is 20.5. The number of nitrogens with zero attached hydrogens (tertiary/aromatic N) is 1. The van der Waals surface area contributed by atoms with E-state index >= 15 is 0 Å². The van der Waals surface area contributed by atoms with Gasteiger partial charge in [-0.05, 0) is 84.8 Å². The Balaban J connectivity index is 1.36. The minimum Gasteiger partial charge on any atom is -0.493 e. The van der Waals surface area contributed by atoms with E-state index in [4.69, 9.17) is 37.7 Å². The van der Waals surface area contributed by atoms with Crippen LogP contribution in [0.4, 0.5) is 10.7 Å². The highest BCUT2D eigenvalue weighted by Crippen LogP contribution is 2.40. The van der Waals surface area contributed by atoms with Gasteiger partial charge in [0.05, 0.1) is 22.7 Å². The molecular formula is C30H26Cl2N2O3S. The molecule has 194 valence electrons. The molecule has 0 radical (unpaired) electrons. The molecule has 3 aromatic carbocycles. The summed E-state index contributed by atoms with van der Waals surface area (Å²) >= 11 is 13.7. The van der Waals surface area contributed by atoms with Gasteiger partial charge in [0.15, 0.2) is 11.5 Å². The molecule has 1 amide bonds. The fourth-order valence-corrected chi connectivity index (χ4v) is 5.95. The first kappa shape index (κ1) is 26.3. The molecule has 4 aromatic rings. The molecule has 0 spiro atoms. The van der Waals surface area contributed by atoms with Crippen molar-refractivity contribution in [2.45, 2.75) is 32.3 Å². The number of carbonyl (C=O) groups is 1. The Morgan fingerprint density at radius 2 is 1.82 bits per heavy atom. The van der Waals surface area contributed by atoms with E-state index in [2.05, 4.69) is 5.32 Å². The fraction of sp³-hybridized carbons (Fsp3) is 0.200. The van der Waals surface area contributed by atoms with Crippen molar-refractivity contribution in [3.05, 3.63) is 104 Å². The maximum absolute atomic E-state index is 13.3. The molecule has 0 saturated heterocycles. The van der Waals surface area contributed by atoms with Crippen molar-refractivity contribution in [3.8, 4) is 11.5 Å². The SMILES string of the molecule is COc1cc(C=Nc2sc3c(c2C(=O)Nc2ccccc2)CCCC3)ccc1OCc1ccc(Cl)c(Cl)c1. The zero-order chi connectivity index (χ0) is 26.5. The quantitative estimate of drug-likeness (QED) is 0.218. The molecule has 1 heterocycles. The van der Waals surface area contributed by atoms with Gasteiger partial charge in [0, 0.05) is 16.8 Å². The smallest absolute Gasteiger partial charge is 0.259 e. The number of amides is 1. The van der Waals surface area contributed by atoms with Crippen LogP contribution in [-0.4, -0.2) is 19.2 Å². The van der Waals surface area contributed by atoms with Crippen molar-refractivity contribution in [1.82, 2.24) is 0 Å². The summed E-state index contributed by atoms with van der Waals surface area (Å²) in [5.41, 5.74) is 4.31. The Labute approximate surface area is 236 Å². The van der Waals surface area contributed by atoms with E-state index in [-0.39, 0.29) is 5.91 Å². The molecule has 5 nitrogen and oxygen atoms in total. The van der Waals surface area contributed by atoms with Crippen LogP contribution in [0.3, 0.4) is 0 Å². The van der Waals surface area contributed by atoms with Gasteiger partial charge in [0.1, 0.15) is 11.6 Å². The van der Waals surface area contributed by atoms with Crippen LogP contribution in [0.5, 0.6) is 11.5 Å². The van der Waals surface area contributed by atoms with Crippen LogP contribution in [0.1, 0.15) is 44.8 Å². The molecule has 0 saturated carbocycles. The van der Waals surface area contributed by atoms with Crippen molar-refractivity contribution >= 4 is 57.3 Å². The van der Waals surface area contributed by atoms with Gasteiger partial charge in [-0.25, -0.2) is 4.99 Å². The van der Waals surface area contributed by atoms with E-state index in [9.17, 15) is 4.79 Å². The number of halogens is 2. The van der Waals surface area contributed by atoms with Gasteiger partial charge in [0.2, 0.25) is 0 Å². The first-order valence-corrected chi connectivity index (χ1v) is 13.9. The number of anilines is 1. The third-order valence-corrected chi connectivity index (χ3v) is 8.25. The third kappa shape index (κ3) is 6.04. The van der Waals surface area contributed by atoms with Crippen LogP contribution < -0.4 is 14.8 Å². The minimum atomic E-state index is -0.119. The number of thiophene rings is 1. The number of aryl methyl sites for hydroxylation is 1. The zero-order valence-corrected chi connectivity index (χ0v) is 23.1. The molecule has 0 bridgehead atoms. The highest BCUT2D eigenvalue weighted by atomic mass is 35.5. The Morgan fingerprint density at radius 3 is 2.61 bits per heavy atom. The molecule has 38 heavy (non-hydrogen) atoms. The predicted octanol–water partition coefficient (Wildman–Crippen LogP) is 8.52. The van der Waals surface area contributed by atoms with Crippen LogP contribution in [-0.2, 0) is 19.4 Å². The predicted molar refractivity (Wildman–Crippen MR) is 156 cm³/mol. The summed E-state index contributed by atoms with van der Waals surface area (Å²) < 4.78 is 11.5. The van der Waals surface area contributed by atoms with Gasteiger partial charge in [-0.3, -0.25) is 4.79 Å². The third-order valence-electron chi connectivity index (χ3n) is 6.31. The van der Waals surface area contributed by atoms with E-state index < -0.39 is 0 Å². The lowest BCUT2D eigenvalue weighted by molar-refractivity contribution is 0.102. The van der Waals surface area contributed by atoms with Crippen LogP contribution >= 0.6 is 34.5 Å². The largest absolute Gasteiger partial charge is 0.493 e. The average molecular weight is 566 g/mol. The van der Waals surface area contributed by atoms with Crippen molar-refractivity contribution in [1.29, 1.82) is 0 Å². The Hall–Kier alpha value is -3.32. The van der Waals surface area contributed by atoms with Gasteiger partial charge in [-0.1, -0.05) is 47.5 Å². The summed E-state index contributed by atoms with van der Waals surface area (Å²) in [5, 5.41) is 4.75. The molecule has 0 aliphatic heterocycles. The summed E-state index contributed by atoms with van der Waals surface area (Å²) in [6.07, 6.45) is 5.87. The van der Waals surface area contributed by atoms with Gasteiger partial charge in [-0.15, -0.1) is 11.3 Å². The Bertz CT molecular complexity index is 1480. The van der Waals surface area contributed by atoms with Gasteiger partial charge in [0.25, 0.3) is 5.91 Å². The van der Waals surface area contributed by atoms with Gasteiger partial charge in [-0.2, -0.15) is 0 Å². The number of aliphatic imine (C=N–C) groups is 1. The van der Waals surface area contributed by atoms with Crippen molar-refractivity contribution in [2.75, 3.05) is 12.4 Å². The summed E-state index contributed by atoms with van der Waals surface area (Å²) in [6.45, 7) is 0.321. The lowest BCUT2D eigenvalue weighted by atomic mass is 9.95. The maximum Gasteiger partial charge on any atom is 0.259 e. The molecular weight excluding hydrogens is 539 g/mol. The lowest BCUT2D eigenvalue weighted by Gasteiger charge is -2.13. The van der Waals surface area contributed by atoms with E-state index in [1.807, 2.05) is 54.6 Å². The van der Waals surface area contributed by atoms with Crippen LogP contribution in [0.15, 0.2) is 71.7 Å². The number of benzene rings is 3. The summed E-state index contributed by atoms with van der Waals surface area (Å²) in [4.78, 5) is 19.3. The number of para-hydroxylation sites is 1. The second kappa shape index (κ2) is 12.0. The number of hydrogen-bond acceptors (Lipinski definition) is 5. The van der Waals surface area contributed by atoms with Crippen LogP contribution in [0.25, 0.3) is 0 Å². The van der Waals surface area contributed by atoms with E-state index in [0.717, 1.165) is 53.1 Å². The summed E-state index contributed by atoms with van der Waals surface area (Å²) in [5.74, 6) is 1.07. The maximum atomic E-state index is 13.3. The number of fused-ring (bicyclic) bond motifs is 1. The molecule has 1 aliphatic rings. The fourth-order valence-electron chi connectivity index (χ4n) is 4.40. The van der Waals surface area contributed by atoms with Gasteiger partial charge < -0.3 is 14.8 Å². The van der Waals surface area contributed by atoms with E-state index in [1.54, 1.807) is 36.8 Å². The molecule has 1 N–H and O–H groups in total. The van der Waals surface area contributed by atoms with Crippen molar-refractivity contribution in [2.24, 2.45) is 4.99 Å². The molecule has 0 unspecified atom stereocenters. The lowest BCUT2D eigenvalue weighted by Crippen LogP contribution is -2.14. The molecule has 1 aromatic heterocycles. The summed E-state index contributed by atoms with van der Waals surface area (Å²) in [7, 11) is 1.60. The first-order chi connectivity index (χ1) is 18.5. The highest BCUT2D eigenvalue weighted by Gasteiger charge is 2.25. The Morgan fingerprint density at radius 1 is 1.00 bits per heavy atom. The number of nitrogens with one attached hydrogen (secondary N) is 1. The minimum absolute atomic E-state index is 0.119.